The number of methoxy groups -OCH3 is 2. The topological polar surface area (TPSA) is 47.9 Å². The summed E-state index contributed by atoms with van der Waals surface area (Å²) in [6.07, 6.45) is -0.910. The number of aliphatic hydroxyl groups is 1. The van der Waals surface area contributed by atoms with Crippen molar-refractivity contribution in [2.75, 3.05) is 21.0 Å². The van der Waals surface area contributed by atoms with E-state index in [-0.39, 0.29) is 6.79 Å². The van der Waals surface area contributed by atoms with Crippen LogP contribution in [0.2, 0.25) is 10.0 Å². The molecule has 0 unspecified atom stereocenters. The molecular formula is C19H22Cl2O4. The largest absolute Gasteiger partial charge is 0.390 e. The highest BCUT2D eigenvalue weighted by molar-refractivity contribution is 6.32. The van der Waals surface area contributed by atoms with Crippen molar-refractivity contribution in [3.8, 4) is 0 Å². The van der Waals surface area contributed by atoms with Crippen LogP contribution in [-0.2, 0) is 26.4 Å². The lowest BCUT2D eigenvalue weighted by Gasteiger charge is -2.38. The molecule has 0 saturated carbocycles. The Balaban J connectivity index is 2.66. The minimum absolute atomic E-state index is 0.0203. The molecule has 0 amide bonds. The number of hydrogen-bond donors (Lipinski definition) is 1. The van der Waals surface area contributed by atoms with E-state index in [1.165, 1.54) is 7.11 Å². The third-order valence-corrected chi connectivity index (χ3v) is 4.73. The summed E-state index contributed by atoms with van der Waals surface area (Å²) in [5.41, 5.74) is 0.943. The molecule has 0 radical (unpaired) electrons. The van der Waals surface area contributed by atoms with Gasteiger partial charge in [-0.1, -0.05) is 53.5 Å². The molecule has 0 aliphatic rings. The molecule has 0 aliphatic carbocycles. The molecule has 25 heavy (non-hydrogen) atoms. The zero-order valence-electron chi connectivity index (χ0n) is 14.5. The molecule has 136 valence electrons. The van der Waals surface area contributed by atoms with Gasteiger partial charge in [-0.3, -0.25) is 0 Å². The average molecular weight is 385 g/mol. The molecule has 6 heteroatoms. The Labute approximate surface area is 158 Å². The number of rotatable bonds is 8. The molecule has 2 atom stereocenters. The summed E-state index contributed by atoms with van der Waals surface area (Å²) < 4.78 is 16.2. The van der Waals surface area contributed by atoms with Crippen LogP contribution in [0.4, 0.5) is 0 Å². The second-order valence-corrected chi connectivity index (χ2v) is 6.50. The van der Waals surface area contributed by atoms with E-state index in [0.717, 1.165) is 5.56 Å². The summed E-state index contributed by atoms with van der Waals surface area (Å²) in [5.74, 6) is 0. The number of hydrogen-bond acceptors (Lipinski definition) is 4. The lowest BCUT2D eigenvalue weighted by atomic mass is 9.81. The van der Waals surface area contributed by atoms with Crippen LogP contribution in [-0.4, -0.2) is 32.2 Å². The highest BCUT2D eigenvalue weighted by Gasteiger charge is 2.42. The van der Waals surface area contributed by atoms with Gasteiger partial charge in [-0.15, -0.1) is 0 Å². The third kappa shape index (κ3) is 4.17. The standard InChI is InChI=1S/C19H22Cl2O4/c1-13(22)19(25-12-24-3,16-6-4-5-7-17(16)20)15-9-8-14(11-23-2)18(21)10-15/h4-10,13,22H,11-12H2,1-3H3/t13-,19-/m1/s1. The molecule has 0 aromatic heterocycles. The van der Waals surface area contributed by atoms with Crippen LogP contribution in [0.15, 0.2) is 42.5 Å². The van der Waals surface area contributed by atoms with Gasteiger partial charge in [-0.25, -0.2) is 0 Å². The van der Waals surface area contributed by atoms with Gasteiger partial charge in [-0.05, 0) is 30.2 Å². The van der Waals surface area contributed by atoms with Crippen molar-refractivity contribution in [2.45, 2.75) is 25.2 Å². The van der Waals surface area contributed by atoms with E-state index in [1.54, 1.807) is 26.2 Å². The van der Waals surface area contributed by atoms with Crippen LogP contribution < -0.4 is 0 Å². The zero-order chi connectivity index (χ0) is 18.4. The third-order valence-electron chi connectivity index (χ3n) is 4.05. The average Bonchev–Trinajstić information content (AvgIpc) is 2.59. The first-order chi connectivity index (χ1) is 12.0. The normalized spacial score (nSPS) is 15.0. The Kier molecular flexibility index (Phi) is 7.25. The molecule has 4 nitrogen and oxygen atoms in total. The predicted octanol–water partition coefficient (Wildman–Crippen LogP) is 4.38. The molecule has 2 rings (SSSR count). The van der Waals surface area contributed by atoms with Crippen LogP contribution in [0.5, 0.6) is 0 Å². The van der Waals surface area contributed by atoms with Crippen LogP contribution >= 0.6 is 23.2 Å². The smallest absolute Gasteiger partial charge is 0.148 e. The number of aliphatic hydroxyl groups excluding tert-OH is 1. The first kappa shape index (κ1) is 20.2. The van der Waals surface area contributed by atoms with Crippen molar-refractivity contribution in [1.82, 2.24) is 0 Å². The van der Waals surface area contributed by atoms with Crippen LogP contribution in [0.25, 0.3) is 0 Å². The van der Waals surface area contributed by atoms with Crippen molar-refractivity contribution in [2.24, 2.45) is 0 Å². The Morgan fingerprint density at radius 2 is 1.76 bits per heavy atom. The van der Waals surface area contributed by atoms with Crippen molar-refractivity contribution < 1.29 is 19.3 Å². The van der Waals surface area contributed by atoms with Gasteiger partial charge in [0.1, 0.15) is 12.4 Å². The Hall–Kier alpha value is -1.14. The summed E-state index contributed by atoms with van der Waals surface area (Å²) >= 11 is 12.8. The SMILES string of the molecule is COCO[C@](c1ccc(COC)c(Cl)c1)(c1ccccc1Cl)[C@@H](C)O. The van der Waals surface area contributed by atoms with Crippen molar-refractivity contribution in [3.05, 3.63) is 69.2 Å². The Bertz CT molecular complexity index is 706. The second-order valence-electron chi connectivity index (χ2n) is 5.68. The fourth-order valence-electron chi connectivity index (χ4n) is 2.87. The van der Waals surface area contributed by atoms with E-state index >= 15 is 0 Å². The maximum atomic E-state index is 10.7. The molecule has 0 heterocycles. The molecule has 0 spiro atoms. The molecule has 0 fully saturated rings. The molecular weight excluding hydrogens is 363 g/mol. The van der Waals surface area contributed by atoms with E-state index in [2.05, 4.69) is 0 Å². The van der Waals surface area contributed by atoms with Gasteiger partial charge in [-0.2, -0.15) is 0 Å². The molecule has 0 aliphatic heterocycles. The number of benzene rings is 2. The van der Waals surface area contributed by atoms with Crippen molar-refractivity contribution in [3.63, 3.8) is 0 Å². The minimum atomic E-state index is -1.22. The lowest BCUT2D eigenvalue weighted by Crippen LogP contribution is -2.42. The lowest BCUT2D eigenvalue weighted by molar-refractivity contribution is -0.158. The van der Waals surface area contributed by atoms with E-state index in [9.17, 15) is 5.11 Å². The molecule has 1 N–H and O–H groups in total. The molecule has 0 bridgehead atoms. The highest BCUT2D eigenvalue weighted by Crippen LogP contribution is 2.41. The zero-order valence-corrected chi connectivity index (χ0v) is 16.0. The van der Waals surface area contributed by atoms with Gasteiger partial charge in [0.05, 0.1) is 12.7 Å². The maximum absolute atomic E-state index is 10.7. The van der Waals surface area contributed by atoms with E-state index in [4.69, 9.17) is 37.4 Å². The highest BCUT2D eigenvalue weighted by atomic mass is 35.5. The second kappa shape index (κ2) is 8.99. The first-order valence-electron chi connectivity index (χ1n) is 7.81. The van der Waals surface area contributed by atoms with Gasteiger partial charge in [0.15, 0.2) is 0 Å². The van der Waals surface area contributed by atoms with Gasteiger partial charge in [0.2, 0.25) is 0 Å². The predicted molar refractivity (Wildman–Crippen MR) is 99.0 cm³/mol. The van der Waals surface area contributed by atoms with Gasteiger partial charge in [0.25, 0.3) is 0 Å². The minimum Gasteiger partial charge on any atom is -0.390 e. The molecule has 2 aromatic carbocycles. The van der Waals surface area contributed by atoms with Crippen LogP contribution in [0.1, 0.15) is 23.6 Å². The van der Waals surface area contributed by atoms with E-state index in [1.807, 2.05) is 30.3 Å². The van der Waals surface area contributed by atoms with Gasteiger partial charge in [0, 0.05) is 29.8 Å². The fourth-order valence-corrected chi connectivity index (χ4v) is 3.38. The van der Waals surface area contributed by atoms with Crippen LogP contribution in [0.3, 0.4) is 0 Å². The summed E-state index contributed by atoms with van der Waals surface area (Å²) in [6, 6.07) is 12.7. The van der Waals surface area contributed by atoms with Gasteiger partial charge >= 0.3 is 0 Å². The quantitative estimate of drug-likeness (QED) is 0.685. The van der Waals surface area contributed by atoms with Crippen molar-refractivity contribution in [1.29, 1.82) is 0 Å². The number of ether oxygens (including phenoxy) is 3. The summed E-state index contributed by atoms with van der Waals surface area (Å²) in [4.78, 5) is 0. The summed E-state index contributed by atoms with van der Waals surface area (Å²) in [7, 11) is 3.13. The fraction of sp³-hybridized carbons (Fsp3) is 0.368. The Morgan fingerprint density at radius 1 is 1.04 bits per heavy atom. The van der Waals surface area contributed by atoms with E-state index in [0.29, 0.717) is 27.8 Å². The number of halogens is 2. The first-order valence-corrected chi connectivity index (χ1v) is 8.56. The van der Waals surface area contributed by atoms with Crippen LogP contribution in [0, 0.1) is 0 Å². The Morgan fingerprint density at radius 3 is 2.32 bits per heavy atom. The molecule has 2 aromatic rings. The monoisotopic (exact) mass is 384 g/mol. The summed E-state index contributed by atoms with van der Waals surface area (Å²) in [5, 5.41) is 11.7. The maximum Gasteiger partial charge on any atom is 0.148 e. The van der Waals surface area contributed by atoms with Crippen molar-refractivity contribution >= 4 is 23.2 Å². The van der Waals surface area contributed by atoms with Gasteiger partial charge < -0.3 is 19.3 Å². The van der Waals surface area contributed by atoms with E-state index < -0.39 is 11.7 Å². The molecule has 0 saturated heterocycles. The summed E-state index contributed by atoms with van der Waals surface area (Å²) in [6.45, 7) is 2.02.